The van der Waals surface area contributed by atoms with Crippen molar-refractivity contribution < 1.29 is 9.84 Å². The van der Waals surface area contributed by atoms with Crippen LogP contribution in [0.15, 0.2) is 47.1 Å². The lowest BCUT2D eigenvalue weighted by atomic mass is 10.3. The van der Waals surface area contributed by atoms with Crippen molar-refractivity contribution in [2.24, 2.45) is 0 Å². The molecular formula is C14H10BrClN2O2. The molecule has 3 rings (SSSR count). The zero-order chi connectivity index (χ0) is 14.1. The van der Waals surface area contributed by atoms with Crippen molar-refractivity contribution in [2.45, 2.75) is 6.61 Å². The van der Waals surface area contributed by atoms with Crippen molar-refractivity contribution in [3.05, 3.63) is 57.8 Å². The molecule has 0 aliphatic rings. The van der Waals surface area contributed by atoms with Crippen LogP contribution in [0.25, 0.3) is 5.65 Å². The number of benzene rings is 1. The van der Waals surface area contributed by atoms with Gasteiger partial charge in [-0.15, -0.1) is 0 Å². The van der Waals surface area contributed by atoms with Crippen molar-refractivity contribution >= 4 is 33.2 Å². The number of fused-ring (bicyclic) bond motifs is 1. The van der Waals surface area contributed by atoms with Gasteiger partial charge in [0.15, 0.2) is 0 Å². The van der Waals surface area contributed by atoms with Crippen molar-refractivity contribution in [1.29, 1.82) is 0 Å². The quantitative estimate of drug-likeness (QED) is 0.773. The normalized spacial score (nSPS) is 10.9. The van der Waals surface area contributed by atoms with Crippen LogP contribution in [0, 0.1) is 0 Å². The summed E-state index contributed by atoms with van der Waals surface area (Å²) in [6.07, 6.45) is 1.83. The summed E-state index contributed by atoms with van der Waals surface area (Å²) in [7, 11) is 0. The molecule has 0 amide bonds. The predicted octanol–water partition coefficient (Wildman–Crippen LogP) is 4.03. The SMILES string of the molecule is OCc1c(Oc2ccc(Cl)cc2Br)nc2ccccn12. The number of hydrogen-bond acceptors (Lipinski definition) is 3. The fourth-order valence-corrected chi connectivity index (χ4v) is 2.68. The Morgan fingerprint density at radius 3 is 2.90 bits per heavy atom. The summed E-state index contributed by atoms with van der Waals surface area (Å²) in [6.45, 7) is -0.161. The van der Waals surface area contributed by atoms with Crippen LogP contribution in [-0.4, -0.2) is 14.5 Å². The van der Waals surface area contributed by atoms with E-state index in [1.807, 2.05) is 24.4 Å². The number of ether oxygens (including phenoxy) is 1. The molecule has 0 bridgehead atoms. The Morgan fingerprint density at radius 1 is 1.30 bits per heavy atom. The van der Waals surface area contributed by atoms with Gasteiger partial charge in [-0.05, 0) is 46.3 Å². The number of aliphatic hydroxyl groups is 1. The number of halogens is 2. The lowest BCUT2D eigenvalue weighted by molar-refractivity contribution is 0.269. The van der Waals surface area contributed by atoms with Crippen LogP contribution in [0.1, 0.15) is 5.69 Å². The molecule has 3 aromatic rings. The summed E-state index contributed by atoms with van der Waals surface area (Å²) in [5.41, 5.74) is 1.32. The Labute approximate surface area is 128 Å². The molecule has 1 N–H and O–H groups in total. The molecule has 20 heavy (non-hydrogen) atoms. The zero-order valence-corrected chi connectivity index (χ0v) is 12.6. The van der Waals surface area contributed by atoms with Gasteiger partial charge >= 0.3 is 0 Å². The smallest absolute Gasteiger partial charge is 0.243 e. The van der Waals surface area contributed by atoms with Gasteiger partial charge in [0.2, 0.25) is 5.88 Å². The van der Waals surface area contributed by atoms with E-state index >= 15 is 0 Å². The van der Waals surface area contributed by atoms with Crippen LogP contribution in [0.2, 0.25) is 5.02 Å². The average molecular weight is 354 g/mol. The van der Waals surface area contributed by atoms with Crippen LogP contribution in [0.5, 0.6) is 11.6 Å². The number of aromatic nitrogens is 2. The van der Waals surface area contributed by atoms with Crippen molar-refractivity contribution in [3.63, 3.8) is 0 Å². The average Bonchev–Trinajstić information content (AvgIpc) is 2.79. The summed E-state index contributed by atoms with van der Waals surface area (Å²) in [5, 5.41) is 10.1. The molecule has 6 heteroatoms. The maximum absolute atomic E-state index is 9.52. The highest BCUT2D eigenvalue weighted by Crippen LogP contribution is 2.33. The van der Waals surface area contributed by atoms with Crippen LogP contribution >= 0.6 is 27.5 Å². The summed E-state index contributed by atoms with van der Waals surface area (Å²) >= 11 is 9.29. The first-order chi connectivity index (χ1) is 9.69. The summed E-state index contributed by atoms with van der Waals surface area (Å²) in [4.78, 5) is 4.37. The van der Waals surface area contributed by atoms with E-state index in [1.165, 1.54) is 0 Å². The molecule has 0 spiro atoms. The molecular weight excluding hydrogens is 344 g/mol. The monoisotopic (exact) mass is 352 g/mol. The third-order valence-corrected chi connectivity index (χ3v) is 3.70. The summed E-state index contributed by atoms with van der Waals surface area (Å²) < 4.78 is 8.29. The molecule has 1 aromatic carbocycles. The van der Waals surface area contributed by atoms with E-state index in [4.69, 9.17) is 16.3 Å². The van der Waals surface area contributed by atoms with E-state index in [9.17, 15) is 5.11 Å². The van der Waals surface area contributed by atoms with Gasteiger partial charge in [-0.1, -0.05) is 17.7 Å². The van der Waals surface area contributed by atoms with Gasteiger partial charge in [0, 0.05) is 11.2 Å². The second-order valence-electron chi connectivity index (χ2n) is 4.13. The van der Waals surface area contributed by atoms with E-state index in [0.29, 0.717) is 22.3 Å². The minimum Gasteiger partial charge on any atom is -0.436 e. The van der Waals surface area contributed by atoms with Gasteiger partial charge in [-0.2, -0.15) is 4.98 Å². The van der Waals surface area contributed by atoms with Gasteiger partial charge in [0.1, 0.15) is 17.1 Å². The number of pyridine rings is 1. The first-order valence-electron chi connectivity index (χ1n) is 5.89. The van der Waals surface area contributed by atoms with Gasteiger partial charge < -0.3 is 9.84 Å². The molecule has 0 saturated carbocycles. The predicted molar refractivity (Wildman–Crippen MR) is 80.3 cm³/mol. The topological polar surface area (TPSA) is 46.8 Å². The lowest BCUT2D eigenvalue weighted by Gasteiger charge is -2.06. The Bertz CT molecular complexity index is 773. The Hall–Kier alpha value is -1.56. The number of nitrogens with zero attached hydrogens (tertiary/aromatic N) is 2. The third-order valence-electron chi connectivity index (χ3n) is 2.84. The maximum Gasteiger partial charge on any atom is 0.243 e. The molecule has 2 aromatic heterocycles. The molecule has 4 nitrogen and oxygen atoms in total. The number of aliphatic hydroxyl groups excluding tert-OH is 1. The molecule has 0 aliphatic carbocycles. The van der Waals surface area contributed by atoms with Gasteiger partial charge in [0.05, 0.1) is 11.1 Å². The van der Waals surface area contributed by atoms with Crippen LogP contribution < -0.4 is 4.74 Å². The summed E-state index contributed by atoms with van der Waals surface area (Å²) in [5.74, 6) is 0.967. The van der Waals surface area contributed by atoms with E-state index in [2.05, 4.69) is 20.9 Å². The molecule has 0 fully saturated rings. The minimum atomic E-state index is -0.161. The van der Waals surface area contributed by atoms with E-state index in [0.717, 1.165) is 10.1 Å². The van der Waals surface area contributed by atoms with Crippen LogP contribution in [0.4, 0.5) is 0 Å². The van der Waals surface area contributed by atoms with Gasteiger partial charge in [-0.25, -0.2) is 0 Å². The number of rotatable bonds is 3. The van der Waals surface area contributed by atoms with Gasteiger partial charge in [-0.3, -0.25) is 4.40 Å². The molecule has 0 atom stereocenters. The van der Waals surface area contributed by atoms with Crippen molar-refractivity contribution in [3.8, 4) is 11.6 Å². The largest absolute Gasteiger partial charge is 0.436 e. The first kappa shape index (κ1) is 13.4. The minimum absolute atomic E-state index is 0.161. The molecule has 0 aliphatic heterocycles. The van der Waals surface area contributed by atoms with Crippen molar-refractivity contribution in [1.82, 2.24) is 9.38 Å². The number of hydrogen-bond donors (Lipinski definition) is 1. The Morgan fingerprint density at radius 2 is 2.15 bits per heavy atom. The second-order valence-corrected chi connectivity index (χ2v) is 5.42. The lowest BCUT2D eigenvalue weighted by Crippen LogP contribution is -1.94. The Kier molecular flexibility index (Phi) is 3.65. The molecule has 0 unspecified atom stereocenters. The van der Waals surface area contributed by atoms with E-state index in [1.54, 1.807) is 22.6 Å². The second kappa shape index (κ2) is 5.44. The molecule has 0 radical (unpaired) electrons. The molecule has 0 saturated heterocycles. The highest BCUT2D eigenvalue weighted by Gasteiger charge is 2.14. The van der Waals surface area contributed by atoms with Crippen LogP contribution in [-0.2, 0) is 6.61 Å². The third kappa shape index (κ3) is 2.40. The van der Waals surface area contributed by atoms with Crippen molar-refractivity contribution in [2.75, 3.05) is 0 Å². The highest BCUT2D eigenvalue weighted by molar-refractivity contribution is 9.10. The van der Waals surface area contributed by atoms with Crippen LogP contribution in [0.3, 0.4) is 0 Å². The fraction of sp³-hybridized carbons (Fsp3) is 0.0714. The standard InChI is InChI=1S/C14H10BrClN2O2/c15-10-7-9(16)4-5-12(10)20-14-11(8-19)18-6-2-1-3-13(18)17-14/h1-7,19H,8H2. The molecule has 102 valence electrons. The van der Waals surface area contributed by atoms with Gasteiger partial charge in [0.25, 0.3) is 0 Å². The fourth-order valence-electron chi connectivity index (χ4n) is 1.91. The zero-order valence-electron chi connectivity index (χ0n) is 10.3. The van der Waals surface area contributed by atoms with E-state index in [-0.39, 0.29) is 6.61 Å². The summed E-state index contributed by atoms with van der Waals surface area (Å²) in [6, 6.07) is 10.8. The maximum atomic E-state index is 9.52. The first-order valence-corrected chi connectivity index (χ1v) is 7.06. The number of imidazole rings is 1. The Balaban J connectivity index is 2.06. The highest BCUT2D eigenvalue weighted by atomic mass is 79.9. The van der Waals surface area contributed by atoms with E-state index < -0.39 is 0 Å². The molecule has 2 heterocycles.